The van der Waals surface area contributed by atoms with Crippen LogP contribution in [0.15, 0.2) is 71.9 Å². The van der Waals surface area contributed by atoms with Crippen LogP contribution in [0.1, 0.15) is 21.2 Å². The summed E-state index contributed by atoms with van der Waals surface area (Å²) < 4.78 is 1.78. The van der Waals surface area contributed by atoms with E-state index < -0.39 is 0 Å². The van der Waals surface area contributed by atoms with Gasteiger partial charge in [0.15, 0.2) is 11.0 Å². The summed E-state index contributed by atoms with van der Waals surface area (Å²) in [7, 11) is 0. The molecule has 0 atom stereocenters. The zero-order valence-electron chi connectivity index (χ0n) is 19.5. The van der Waals surface area contributed by atoms with Crippen LogP contribution in [0.2, 0.25) is 5.02 Å². The summed E-state index contributed by atoms with van der Waals surface area (Å²) in [5.74, 6) is 0.115. The third-order valence-corrected chi connectivity index (χ3v) is 7.23. The lowest BCUT2D eigenvalue weighted by molar-refractivity contribution is -0.113. The number of halogens is 1. The van der Waals surface area contributed by atoms with Crippen LogP contribution in [-0.2, 0) is 11.3 Å². The standard InChI is InChI=1S/C25H20ClN7O2S2/c1-15-29-31-24(37-15)28-22(34)14-36-25-32-30-21(33(25)18-9-5-8-17(26)12-18)13-27-23(35)20-11-4-7-16-6-2-3-10-19(16)20/h2-12H,13-14H2,1H3,(H,27,35)(H,28,31,34). The number of rotatable bonds is 8. The van der Waals surface area contributed by atoms with Crippen molar-refractivity contribution >= 4 is 62.4 Å². The number of aromatic nitrogens is 5. The fraction of sp³-hybridized carbons (Fsp3) is 0.120. The minimum Gasteiger partial charge on any atom is -0.345 e. The molecule has 0 spiro atoms. The summed E-state index contributed by atoms with van der Waals surface area (Å²) in [5.41, 5.74) is 1.29. The Morgan fingerprint density at radius 3 is 2.62 bits per heavy atom. The molecule has 2 amide bonds. The van der Waals surface area contributed by atoms with Crippen LogP contribution in [0.25, 0.3) is 16.5 Å². The third-order valence-electron chi connectivity index (χ3n) is 5.31. The van der Waals surface area contributed by atoms with E-state index in [0.717, 1.165) is 21.5 Å². The molecular weight excluding hydrogens is 530 g/mol. The van der Waals surface area contributed by atoms with E-state index in [1.54, 1.807) is 22.8 Å². The van der Waals surface area contributed by atoms with E-state index in [4.69, 9.17) is 11.6 Å². The molecule has 2 heterocycles. The number of thioether (sulfide) groups is 1. The van der Waals surface area contributed by atoms with Gasteiger partial charge in [0, 0.05) is 10.6 Å². The van der Waals surface area contributed by atoms with E-state index in [-0.39, 0.29) is 24.1 Å². The van der Waals surface area contributed by atoms with Gasteiger partial charge in [0.1, 0.15) is 5.01 Å². The molecule has 37 heavy (non-hydrogen) atoms. The van der Waals surface area contributed by atoms with E-state index in [2.05, 4.69) is 31.0 Å². The number of amides is 2. The van der Waals surface area contributed by atoms with Crippen molar-refractivity contribution in [2.75, 3.05) is 11.1 Å². The van der Waals surface area contributed by atoms with Crippen molar-refractivity contribution in [3.63, 3.8) is 0 Å². The second-order valence-electron chi connectivity index (χ2n) is 7.89. The normalized spacial score (nSPS) is 11.0. The lowest BCUT2D eigenvalue weighted by Gasteiger charge is -2.12. The van der Waals surface area contributed by atoms with E-state index in [1.165, 1.54) is 23.1 Å². The molecule has 3 aromatic carbocycles. The molecule has 2 N–H and O–H groups in total. The summed E-state index contributed by atoms with van der Waals surface area (Å²) in [6.07, 6.45) is 0. The van der Waals surface area contributed by atoms with Crippen LogP contribution < -0.4 is 10.6 Å². The Bertz CT molecular complexity index is 1600. The van der Waals surface area contributed by atoms with E-state index in [9.17, 15) is 9.59 Å². The molecule has 5 aromatic rings. The number of anilines is 1. The Hall–Kier alpha value is -3.80. The highest BCUT2D eigenvalue weighted by Gasteiger charge is 2.18. The van der Waals surface area contributed by atoms with Crippen molar-refractivity contribution in [2.24, 2.45) is 0 Å². The van der Waals surface area contributed by atoms with Crippen LogP contribution in [0.5, 0.6) is 0 Å². The summed E-state index contributed by atoms with van der Waals surface area (Å²) in [6.45, 7) is 1.94. The van der Waals surface area contributed by atoms with Crippen LogP contribution in [0.3, 0.4) is 0 Å². The molecule has 5 rings (SSSR count). The smallest absolute Gasteiger partial charge is 0.252 e. The predicted molar refractivity (Wildman–Crippen MR) is 145 cm³/mol. The topological polar surface area (TPSA) is 115 Å². The van der Waals surface area contributed by atoms with Crippen LogP contribution in [0.4, 0.5) is 5.13 Å². The Labute approximate surface area is 225 Å². The number of hydrogen-bond donors (Lipinski definition) is 2. The van der Waals surface area contributed by atoms with Gasteiger partial charge in [-0.15, -0.1) is 20.4 Å². The predicted octanol–water partition coefficient (Wildman–Crippen LogP) is 4.89. The highest BCUT2D eigenvalue weighted by Crippen LogP contribution is 2.25. The number of nitrogens with one attached hydrogen (secondary N) is 2. The number of benzene rings is 3. The van der Waals surface area contributed by atoms with Crippen molar-refractivity contribution in [3.8, 4) is 5.69 Å². The monoisotopic (exact) mass is 549 g/mol. The van der Waals surface area contributed by atoms with E-state index >= 15 is 0 Å². The minimum absolute atomic E-state index is 0.0830. The molecular formula is C25H20ClN7O2S2. The zero-order chi connectivity index (χ0) is 25.8. The molecule has 0 unspecified atom stereocenters. The van der Waals surface area contributed by atoms with Crippen molar-refractivity contribution < 1.29 is 9.59 Å². The zero-order valence-corrected chi connectivity index (χ0v) is 21.9. The number of hydrogen-bond acceptors (Lipinski definition) is 8. The highest BCUT2D eigenvalue weighted by atomic mass is 35.5. The van der Waals surface area contributed by atoms with Gasteiger partial charge in [0.2, 0.25) is 11.0 Å². The van der Waals surface area contributed by atoms with Gasteiger partial charge < -0.3 is 5.32 Å². The van der Waals surface area contributed by atoms with Crippen LogP contribution >= 0.6 is 34.7 Å². The van der Waals surface area contributed by atoms with Crippen molar-refractivity contribution in [1.29, 1.82) is 0 Å². The van der Waals surface area contributed by atoms with E-state index in [0.29, 0.717) is 26.7 Å². The molecule has 0 bridgehead atoms. The first-order chi connectivity index (χ1) is 18.0. The van der Waals surface area contributed by atoms with Gasteiger partial charge in [0.05, 0.1) is 18.0 Å². The van der Waals surface area contributed by atoms with Gasteiger partial charge in [-0.2, -0.15) is 0 Å². The van der Waals surface area contributed by atoms with Gasteiger partial charge >= 0.3 is 0 Å². The molecule has 0 aliphatic rings. The highest BCUT2D eigenvalue weighted by molar-refractivity contribution is 7.99. The number of aryl methyl sites for hydroxylation is 1. The fourth-order valence-electron chi connectivity index (χ4n) is 3.69. The van der Waals surface area contributed by atoms with Crippen LogP contribution in [0, 0.1) is 6.92 Å². The largest absolute Gasteiger partial charge is 0.345 e. The van der Waals surface area contributed by atoms with Crippen LogP contribution in [-0.4, -0.2) is 42.5 Å². The minimum atomic E-state index is -0.243. The van der Waals surface area contributed by atoms with Crippen molar-refractivity contribution in [2.45, 2.75) is 18.6 Å². The molecule has 0 aliphatic carbocycles. The van der Waals surface area contributed by atoms with Gasteiger partial charge in [-0.3, -0.25) is 19.5 Å². The molecule has 186 valence electrons. The first-order valence-corrected chi connectivity index (χ1v) is 13.3. The van der Waals surface area contributed by atoms with Gasteiger partial charge in [-0.25, -0.2) is 0 Å². The second kappa shape index (κ2) is 11.1. The van der Waals surface area contributed by atoms with Gasteiger partial charge in [-0.05, 0) is 42.0 Å². The fourth-order valence-corrected chi connectivity index (χ4v) is 5.26. The third kappa shape index (κ3) is 5.79. The molecule has 0 aliphatic heterocycles. The molecule has 0 saturated carbocycles. The molecule has 0 fully saturated rings. The summed E-state index contributed by atoms with van der Waals surface area (Å²) in [6, 6.07) is 20.5. The molecule has 2 aromatic heterocycles. The van der Waals surface area contributed by atoms with Crippen molar-refractivity contribution in [1.82, 2.24) is 30.3 Å². The molecule has 0 saturated heterocycles. The van der Waals surface area contributed by atoms with Gasteiger partial charge in [-0.1, -0.05) is 77.2 Å². The number of carbonyl (C=O) groups excluding carboxylic acids is 2. The number of fused-ring (bicyclic) bond motifs is 1. The Morgan fingerprint density at radius 1 is 1.00 bits per heavy atom. The summed E-state index contributed by atoms with van der Waals surface area (Å²) in [5, 5.41) is 26.2. The Balaban J connectivity index is 1.35. The van der Waals surface area contributed by atoms with Gasteiger partial charge in [0.25, 0.3) is 5.91 Å². The first-order valence-electron chi connectivity index (χ1n) is 11.2. The lowest BCUT2D eigenvalue weighted by atomic mass is 10.0. The molecule has 9 nitrogen and oxygen atoms in total. The lowest BCUT2D eigenvalue weighted by Crippen LogP contribution is -2.25. The molecule has 0 radical (unpaired) electrons. The quantitative estimate of drug-likeness (QED) is 0.265. The Kier molecular flexibility index (Phi) is 7.45. The van der Waals surface area contributed by atoms with Crippen molar-refractivity contribution in [3.05, 3.63) is 88.1 Å². The first kappa shape index (κ1) is 24.9. The summed E-state index contributed by atoms with van der Waals surface area (Å²) in [4.78, 5) is 25.5. The average Bonchev–Trinajstić information content (AvgIpc) is 3.51. The Morgan fingerprint density at radius 2 is 1.81 bits per heavy atom. The number of nitrogens with zero attached hydrogens (tertiary/aromatic N) is 5. The SMILES string of the molecule is Cc1nnc(NC(=O)CSc2nnc(CNC(=O)c3cccc4ccccc34)n2-c2cccc(Cl)c2)s1. The second-order valence-corrected chi connectivity index (χ2v) is 10.4. The molecule has 12 heteroatoms. The number of carbonyl (C=O) groups is 2. The summed E-state index contributed by atoms with van der Waals surface area (Å²) >= 11 is 8.76. The maximum absolute atomic E-state index is 13.1. The average molecular weight is 550 g/mol. The maximum atomic E-state index is 13.1. The van der Waals surface area contributed by atoms with E-state index in [1.807, 2.05) is 55.5 Å². The maximum Gasteiger partial charge on any atom is 0.252 e.